The van der Waals surface area contributed by atoms with Gasteiger partial charge >= 0.3 is 0 Å². The normalized spacial score (nSPS) is 21.0. The summed E-state index contributed by atoms with van der Waals surface area (Å²) in [6.45, 7) is 4.30. The van der Waals surface area contributed by atoms with Crippen molar-refractivity contribution >= 4 is 23.3 Å². The number of hydroxylamine groups is 1. The summed E-state index contributed by atoms with van der Waals surface area (Å²) in [5, 5.41) is 52.7. The number of nitrogens with zero attached hydrogens (tertiary/aromatic N) is 2. The summed E-state index contributed by atoms with van der Waals surface area (Å²) in [4.78, 5) is 15.9. The molecule has 0 radical (unpaired) electrons. The lowest BCUT2D eigenvalue weighted by Gasteiger charge is -2.40. The van der Waals surface area contributed by atoms with Crippen molar-refractivity contribution in [3.63, 3.8) is 0 Å². The first-order valence-electron chi connectivity index (χ1n) is 13.1. The number of hydrogen-bond acceptors (Lipinski definition) is 13. The second-order valence-corrected chi connectivity index (χ2v) is 12.0. The fourth-order valence-electron chi connectivity index (χ4n) is 4.72. The van der Waals surface area contributed by atoms with E-state index in [4.69, 9.17) is 15.6 Å². The van der Waals surface area contributed by atoms with E-state index in [1.807, 2.05) is 18.2 Å². The number of nitrogens with one attached hydrogen (secondary N) is 2. The van der Waals surface area contributed by atoms with Crippen LogP contribution in [0.25, 0.3) is 17.0 Å². The molecule has 2 unspecified atom stereocenters. The summed E-state index contributed by atoms with van der Waals surface area (Å²) in [5.41, 5.74) is 12.4. The molecule has 2 atom stereocenters. The van der Waals surface area contributed by atoms with Crippen LogP contribution >= 0.6 is 11.8 Å². The Morgan fingerprint density at radius 1 is 1.02 bits per heavy atom. The van der Waals surface area contributed by atoms with Gasteiger partial charge in [0, 0.05) is 34.6 Å². The number of nitrogens with two attached hydrogens (primary N) is 1. The smallest absolute Gasteiger partial charge is 0.283 e. The summed E-state index contributed by atoms with van der Waals surface area (Å²) in [6.07, 6.45) is 1.50. The SMILES string of the molecule is CC(C)Sc1ccc(-c2cnc(N)c(C3=CC(c4ccc(C(O)NC5CC(O)(O)OC(O)(O)C5)cc4)NO3)n2)cc1. The molecule has 2 aromatic carbocycles. The van der Waals surface area contributed by atoms with Gasteiger partial charge in [-0.05, 0) is 29.3 Å². The number of aliphatic hydroxyl groups is 5. The summed E-state index contributed by atoms with van der Waals surface area (Å²) < 4.78 is 4.40. The first kappa shape index (κ1) is 29.4. The van der Waals surface area contributed by atoms with Crippen LogP contribution in [0.1, 0.15) is 55.8 Å². The van der Waals surface area contributed by atoms with Crippen molar-refractivity contribution in [1.29, 1.82) is 0 Å². The van der Waals surface area contributed by atoms with Gasteiger partial charge in [0.15, 0.2) is 17.3 Å². The first-order valence-corrected chi connectivity index (χ1v) is 13.9. The molecule has 5 rings (SSSR count). The fraction of sp³-hybridized carbons (Fsp3) is 0.357. The Bertz CT molecular complexity index is 1380. The van der Waals surface area contributed by atoms with E-state index in [9.17, 15) is 25.5 Å². The largest absolute Gasteiger partial charge is 0.406 e. The number of anilines is 1. The molecule has 12 nitrogen and oxygen atoms in total. The summed E-state index contributed by atoms with van der Waals surface area (Å²) >= 11 is 1.78. The Kier molecular flexibility index (Phi) is 8.34. The van der Waals surface area contributed by atoms with Crippen LogP contribution in [0.5, 0.6) is 0 Å². The van der Waals surface area contributed by atoms with Crippen molar-refractivity contribution in [3.05, 3.63) is 77.6 Å². The van der Waals surface area contributed by atoms with Crippen LogP contribution in [0.4, 0.5) is 5.82 Å². The highest BCUT2D eigenvalue weighted by Gasteiger charge is 2.46. The lowest BCUT2D eigenvalue weighted by Crippen LogP contribution is -2.57. The number of aliphatic hydroxyl groups excluding tert-OH is 1. The maximum Gasteiger partial charge on any atom is 0.283 e. The number of nitrogen functional groups attached to an aromatic ring is 1. The number of ether oxygens (including phenoxy) is 1. The predicted molar refractivity (Wildman–Crippen MR) is 151 cm³/mol. The van der Waals surface area contributed by atoms with Crippen molar-refractivity contribution < 1.29 is 35.1 Å². The zero-order chi connectivity index (χ0) is 29.4. The Labute approximate surface area is 240 Å². The Morgan fingerprint density at radius 3 is 2.32 bits per heavy atom. The van der Waals surface area contributed by atoms with Crippen molar-refractivity contribution in [2.24, 2.45) is 0 Å². The van der Waals surface area contributed by atoms with Crippen LogP contribution in [-0.4, -0.2) is 58.7 Å². The molecule has 1 aromatic heterocycles. The number of benzene rings is 2. The van der Waals surface area contributed by atoms with E-state index in [-0.39, 0.29) is 24.7 Å². The van der Waals surface area contributed by atoms with Crippen molar-refractivity contribution in [1.82, 2.24) is 20.8 Å². The number of rotatable bonds is 8. The van der Waals surface area contributed by atoms with Crippen LogP contribution in [-0.2, 0) is 9.57 Å². The Balaban J connectivity index is 1.27. The van der Waals surface area contributed by atoms with Gasteiger partial charge in [0.25, 0.3) is 11.9 Å². The van der Waals surface area contributed by atoms with E-state index < -0.39 is 24.2 Å². The zero-order valence-corrected chi connectivity index (χ0v) is 23.2. The van der Waals surface area contributed by atoms with Gasteiger partial charge in [0.05, 0.1) is 17.9 Å². The third kappa shape index (κ3) is 7.22. The van der Waals surface area contributed by atoms with E-state index in [0.717, 1.165) is 11.1 Å². The molecule has 0 bridgehead atoms. The maximum absolute atomic E-state index is 10.6. The standard InChI is InChI=1S/C28H33N5O7S/c1-15(2)41-20-9-7-17(8-10-20)22-14-30-25(29)24(32-22)23-11-21(33-39-23)16-3-5-18(6-4-16)26(34)31-19-12-27(35,36)40-28(37,38)13-19/h3-11,14-15,19,21,26,31,33-38H,12-13H2,1-2H3,(H2,29,30). The Morgan fingerprint density at radius 2 is 1.68 bits per heavy atom. The van der Waals surface area contributed by atoms with Crippen molar-refractivity contribution in [3.8, 4) is 11.3 Å². The molecule has 0 spiro atoms. The molecular weight excluding hydrogens is 550 g/mol. The second kappa shape index (κ2) is 11.6. The molecule has 9 N–H and O–H groups in total. The third-order valence-corrected chi connectivity index (χ3v) is 7.54. The van der Waals surface area contributed by atoms with E-state index in [1.54, 1.807) is 42.2 Å². The van der Waals surface area contributed by atoms with E-state index >= 15 is 0 Å². The van der Waals surface area contributed by atoms with Gasteiger partial charge in [-0.15, -0.1) is 17.2 Å². The van der Waals surface area contributed by atoms with Gasteiger partial charge in [0.2, 0.25) is 0 Å². The number of hydrogen-bond donors (Lipinski definition) is 8. The first-order chi connectivity index (χ1) is 19.4. The minimum Gasteiger partial charge on any atom is -0.406 e. The van der Waals surface area contributed by atoms with Crippen molar-refractivity contribution in [2.75, 3.05) is 5.73 Å². The molecule has 2 aliphatic rings. The topological polar surface area (TPSA) is 195 Å². The van der Waals surface area contributed by atoms with Crippen LogP contribution in [0.2, 0.25) is 0 Å². The molecular formula is C28H33N5O7S. The molecule has 3 heterocycles. The van der Waals surface area contributed by atoms with E-state index in [1.165, 1.54) is 4.90 Å². The zero-order valence-electron chi connectivity index (χ0n) is 22.4. The lowest BCUT2D eigenvalue weighted by atomic mass is 10.0. The van der Waals surface area contributed by atoms with Crippen molar-refractivity contribution in [2.45, 2.75) is 67.1 Å². The lowest BCUT2D eigenvalue weighted by molar-refractivity contribution is -0.491. The number of aromatic nitrogens is 2. The highest BCUT2D eigenvalue weighted by molar-refractivity contribution is 7.99. The van der Waals surface area contributed by atoms with E-state index in [2.05, 4.69) is 46.5 Å². The van der Waals surface area contributed by atoms with Gasteiger partial charge < -0.3 is 36.1 Å². The maximum atomic E-state index is 10.6. The fourth-order valence-corrected chi connectivity index (χ4v) is 5.55. The summed E-state index contributed by atoms with van der Waals surface area (Å²) in [6, 6.07) is 13.9. The monoisotopic (exact) mass is 583 g/mol. The molecule has 218 valence electrons. The van der Waals surface area contributed by atoms with E-state index in [0.29, 0.717) is 28.0 Å². The Hall–Kier alpha value is -3.11. The highest BCUT2D eigenvalue weighted by Crippen LogP contribution is 2.33. The van der Waals surface area contributed by atoms with Crippen LogP contribution in [0, 0.1) is 0 Å². The van der Waals surface area contributed by atoms with Crippen LogP contribution < -0.4 is 16.5 Å². The van der Waals surface area contributed by atoms with Gasteiger partial charge in [-0.2, -0.15) is 0 Å². The summed E-state index contributed by atoms with van der Waals surface area (Å²) in [5.74, 6) is -4.82. The van der Waals surface area contributed by atoms with Gasteiger partial charge in [-0.25, -0.2) is 9.97 Å². The highest BCUT2D eigenvalue weighted by atomic mass is 32.2. The predicted octanol–water partition coefficient (Wildman–Crippen LogP) is 1.88. The van der Waals surface area contributed by atoms with Gasteiger partial charge in [-0.3, -0.25) is 10.1 Å². The second-order valence-electron chi connectivity index (χ2n) is 10.3. The molecule has 13 heteroatoms. The quantitative estimate of drug-likeness (QED) is 0.142. The number of thioether (sulfide) groups is 1. The van der Waals surface area contributed by atoms with Crippen LogP contribution in [0.15, 0.2) is 65.7 Å². The van der Waals surface area contributed by atoms with Gasteiger partial charge in [0.1, 0.15) is 6.23 Å². The molecule has 2 aliphatic heterocycles. The molecule has 0 aliphatic carbocycles. The van der Waals surface area contributed by atoms with Crippen LogP contribution in [0.3, 0.4) is 0 Å². The summed E-state index contributed by atoms with van der Waals surface area (Å²) in [7, 11) is 0. The molecule has 0 saturated carbocycles. The third-order valence-electron chi connectivity index (χ3n) is 6.53. The van der Waals surface area contributed by atoms with Gasteiger partial charge in [-0.1, -0.05) is 50.2 Å². The average molecular weight is 584 g/mol. The molecule has 0 amide bonds. The molecule has 41 heavy (non-hydrogen) atoms. The molecule has 1 fully saturated rings. The molecule has 3 aromatic rings. The minimum absolute atomic E-state index is 0.233. The average Bonchev–Trinajstić information content (AvgIpc) is 3.37. The molecule has 1 saturated heterocycles. The minimum atomic E-state index is -2.74.